The van der Waals surface area contributed by atoms with Gasteiger partial charge in [-0.05, 0) is 57.7 Å². The highest BCUT2D eigenvalue weighted by atomic mass is 79.9. The van der Waals surface area contributed by atoms with Crippen LogP contribution in [0.25, 0.3) is 0 Å². The molecule has 0 amide bonds. The maximum atomic E-state index is 14.5. The fraction of sp³-hybridized carbons (Fsp3) is 0.625. The molecule has 1 aromatic rings. The molecule has 1 saturated carbocycles. The van der Waals surface area contributed by atoms with Crippen LogP contribution in [-0.4, -0.2) is 5.38 Å². The van der Waals surface area contributed by atoms with Crippen LogP contribution in [-0.2, 0) is 5.41 Å². The number of hydrogen-bond donors (Lipinski definition) is 0. The maximum Gasteiger partial charge on any atom is 0.146 e. The average Bonchev–Trinajstić information content (AvgIpc) is 2.35. The molecule has 3 unspecified atom stereocenters. The van der Waals surface area contributed by atoms with E-state index in [1.165, 1.54) is 0 Å². The molecule has 1 aliphatic rings. The van der Waals surface area contributed by atoms with E-state index < -0.39 is 0 Å². The quantitative estimate of drug-likeness (QED) is 0.401. The molecule has 0 spiro atoms. The fourth-order valence-electron chi connectivity index (χ4n) is 3.35. The SMILES string of the molecule is CC1CCC(C(C)(C)c2ccc(Br)c(Cl)c2F)C(Cl)C1. The second kappa shape index (κ2) is 6.14. The van der Waals surface area contributed by atoms with Gasteiger partial charge in [-0.25, -0.2) is 4.39 Å². The summed E-state index contributed by atoms with van der Waals surface area (Å²) in [5, 5.41) is 0.251. The third-order valence-corrected chi connectivity index (χ3v) is 6.43. The number of rotatable bonds is 2. The zero-order chi connectivity index (χ0) is 15.1. The fourth-order valence-corrected chi connectivity index (χ4v) is 4.56. The Labute approximate surface area is 139 Å². The van der Waals surface area contributed by atoms with E-state index in [4.69, 9.17) is 23.2 Å². The summed E-state index contributed by atoms with van der Waals surface area (Å²) in [6, 6.07) is 3.64. The second-order valence-corrected chi connectivity index (χ2v) is 8.28. The molecule has 0 heterocycles. The van der Waals surface area contributed by atoms with Gasteiger partial charge in [-0.2, -0.15) is 0 Å². The minimum absolute atomic E-state index is 0.0931. The van der Waals surface area contributed by atoms with E-state index >= 15 is 0 Å². The van der Waals surface area contributed by atoms with Crippen molar-refractivity contribution in [3.63, 3.8) is 0 Å². The predicted octanol–water partition coefficient (Wildman–Crippen LogP) is 6.56. The Hall–Kier alpha value is 0.210. The Bertz CT molecular complexity index is 501. The topological polar surface area (TPSA) is 0 Å². The Balaban J connectivity index is 2.37. The molecule has 0 aliphatic heterocycles. The highest BCUT2D eigenvalue weighted by Gasteiger charge is 2.40. The van der Waals surface area contributed by atoms with Crippen LogP contribution in [0, 0.1) is 17.7 Å². The lowest BCUT2D eigenvalue weighted by molar-refractivity contribution is 0.204. The third-order valence-electron chi connectivity index (χ3n) is 4.69. The Morgan fingerprint density at radius 2 is 1.95 bits per heavy atom. The highest BCUT2D eigenvalue weighted by molar-refractivity contribution is 9.10. The minimum atomic E-state index is -0.325. The van der Waals surface area contributed by atoms with Crippen LogP contribution in [0.2, 0.25) is 5.02 Å². The van der Waals surface area contributed by atoms with Crippen LogP contribution in [0.5, 0.6) is 0 Å². The molecule has 1 aromatic carbocycles. The smallest absolute Gasteiger partial charge is 0.146 e. The summed E-state index contributed by atoms with van der Waals surface area (Å²) < 4.78 is 15.1. The first kappa shape index (κ1) is 16.6. The molecule has 1 aliphatic carbocycles. The van der Waals surface area contributed by atoms with Gasteiger partial charge in [0.25, 0.3) is 0 Å². The largest absolute Gasteiger partial charge is 0.205 e. The van der Waals surface area contributed by atoms with Crippen molar-refractivity contribution in [3.05, 3.63) is 33.0 Å². The number of halogens is 4. The van der Waals surface area contributed by atoms with Crippen LogP contribution in [0.4, 0.5) is 4.39 Å². The Kier molecular flexibility index (Phi) is 5.09. The molecule has 0 N–H and O–H groups in total. The number of benzene rings is 1. The van der Waals surface area contributed by atoms with Gasteiger partial charge < -0.3 is 0 Å². The lowest BCUT2D eigenvalue weighted by atomic mass is 9.65. The van der Waals surface area contributed by atoms with Gasteiger partial charge in [0, 0.05) is 9.85 Å². The van der Waals surface area contributed by atoms with E-state index in [1.807, 2.05) is 12.1 Å². The normalized spacial score (nSPS) is 27.6. The number of alkyl halides is 1. The van der Waals surface area contributed by atoms with Crippen molar-refractivity contribution in [2.24, 2.45) is 11.8 Å². The van der Waals surface area contributed by atoms with Gasteiger partial charge in [-0.3, -0.25) is 0 Å². The van der Waals surface area contributed by atoms with Crippen molar-refractivity contribution >= 4 is 39.1 Å². The Morgan fingerprint density at radius 1 is 1.30 bits per heavy atom. The van der Waals surface area contributed by atoms with Crippen molar-refractivity contribution in [1.29, 1.82) is 0 Å². The molecule has 20 heavy (non-hydrogen) atoms. The second-order valence-electron chi connectivity index (χ2n) is 6.49. The van der Waals surface area contributed by atoms with Gasteiger partial charge >= 0.3 is 0 Å². The summed E-state index contributed by atoms with van der Waals surface area (Å²) in [4.78, 5) is 0. The number of hydrogen-bond acceptors (Lipinski definition) is 0. The summed E-state index contributed by atoms with van der Waals surface area (Å²) in [7, 11) is 0. The van der Waals surface area contributed by atoms with Crippen molar-refractivity contribution < 1.29 is 4.39 Å². The summed E-state index contributed by atoms with van der Waals surface area (Å²) in [5.74, 6) is 0.601. The van der Waals surface area contributed by atoms with Crippen LogP contribution in [0.15, 0.2) is 16.6 Å². The third kappa shape index (κ3) is 3.03. The van der Waals surface area contributed by atoms with Crippen LogP contribution < -0.4 is 0 Å². The zero-order valence-corrected chi connectivity index (χ0v) is 15.1. The minimum Gasteiger partial charge on any atom is -0.205 e. The molecule has 0 nitrogen and oxygen atoms in total. The summed E-state index contributed by atoms with van der Waals surface area (Å²) >= 11 is 15.9. The summed E-state index contributed by atoms with van der Waals surface area (Å²) in [5.41, 5.74) is 0.344. The van der Waals surface area contributed by atoms with Crippen LogP contribution in [0.3, 0.4) is 0 Å². The zero-order valence-electron chi connectivity index (χ0n) is 12.0. The molecular weight excluding hydrogens is 362 g/mol. The molecule has 1 fully saturated rings. The highest BCUT2D eigenvalue weighted by Crippen LogP contribution is 2.46. The van der Waals surface area contributed by atoms with E-state index in [9.17, 15) is 4.39 Å². The van der Waals surface area contributed by atoms with Gasteiger partial charge in [0.1, 0.15) is 5.82 Å². The molecule has 4 heteroatoms. The van der Waals surface area contributed by atoms with E-state index in [0.29, 0.717) is 16.0 Å². The van der Waals surface area contributed by atoms with Crippen molar-refractivity contribution in [3.8, 4) is 0 Å². The van der Waals surface area contributed by atoms with E-state index in [-0.39, 0.29) is 27.5 Å². The van der Waals surface area contributed by atoms with Gasteiger partial charge in [-0.1, -0.05) is 44.9 Å². The van der Waals surface area contributed by atoms with Crippen molar-refractivity contribution in [2.45, 2.75) is 50.8 Å². The molecule has 0 saturated heterocycles. The molecule has 112 valence electrons. The first-order chi connectivity index (χ1) is 9.25. The van der Waals surface area contributed by atoms with Crippen LogP contribution in [0.1, 0.15) is 45.6 Å². The maximum absolute atomic E-state index is 14.5. The van der Waals surface area contributed by atoms with Gasteiger partial charge in [0.15, 0.2) is 0 Å². The average molecular weight is 382 g/mol. The molecule has 0 radical (unpaired) electrons. The van der Waals surface area contributed by atoms with Crippen LogP contribution >= 0.6 is 39.1 Å². The van der Waals surface area contributed by atoms with E-state index in [0.717, 1.165) is 19.3 Å². The molecule has 2 rings (SSSR count). The molecule has 0 bridgehead atoms. The first-order valence-corrected chi connectivity index (χ1v) is 8.64. The van der Waals surface area contributed by atoms with E-state index in [2.05, 4.69) is 36.7 Å². The van der Waals surface area contributed by atoms with Crippen molar-refractivity contribution in [1.82, 2.24) is 0 Å². The first-order valence-electron chi connectivity index (χ1n) is 7.03. The van der Waals surface area contributed by atoms with Gasteiger partial charge in [-0.15, -0.1) is 11.6 Å². The molecule has 3 atom stereocenters. The lowest BCUT2D eigenvalue weighted by Gasteiger charge is -2.42. The van der Waals surface area contributed by atoms with Gasteiger partial charge in [0.05, 0.1) is 5.02 Å². The predicted molar refractivity (Wildman–Crippen MR) is 88.3 cm³/mol. The summed E-state index contributed by atoms with van der Waals surface area (Å²) in [6.45, 7) is 6.38. The lowest BCUT2D eigenvalue weighted by Crippen LogP contribution is -2.39. The van der Waals surface area contributed by atoms with E-state index in [1.54, 1.807) is 0 Å². The standard InChI is InChI=1S/C16H20BrCl2F/c1-9-4-5-10(13(18)8-9)16(2,3)11-6-7-12(17)14(19)15(11)20/h6-7,9-10,13H,4-5,8H2,1-3H3. The monoisotopic (exact) mass is 380 g/mol. The van der Waals surface area contributed by atoms with Crippen molar-refractivity contribution in [2.75, 3.05) is 0 Å². The van der Waals surface area contributed by atoms with Gasteiger partial charge in [0.2, 0.25) is 0 Å². The molecular formula is C16H20BrCl2F. The molecule has 0 aromatic heterocycles. The Morgan fingerprint density at radius 3 is 2.55 bits per heavy atom. The summed E-state index contributed by atoms with van der Waals surface area (Å²) in [6.07, 6.45) is 3.19.